The van der Waals surface area contributed by atoms with E-state index in [1.54, 1.807) is 15.5 Å². The molecular weight excluding hydrogens is 596 g/mol. The fourth-order valence-corrected chi connectivity index (χ4v) is 7.63. The summed E-state index contributed by atoms with van der Waals surface area (Å²) < 4.78 is 18.8. The van der Waals surface area contributed by atoms with Crippen molar-refractivity contribution in [1.82, 2.24) is 19.4 Å². The molecule has 4 aliphatic heterocycles. The second-order valence-electron chi connectivity index (χ2n) is 12.4. The number of nitrogens with zero attached hydrogens (tertiary/aromatic N) is 4. The summed E-state index contributed by atoms with van der Waals surface area (Å²) in [6.45, 7) is 10.6. The fraction of sp³-hybridized carbons (Fsp3) is 0.514. The highest BCUT2D eigenvalue weighted by molar-refractivity contribution is 5.90. The highest BCUT2D eigenvalue weighted by Crippen LogP contribution is 2.42. The number of fused-ring (bicyclic) bond motifs is 5. The summed E-state index contributed by atoms with van der Waals surface area (Å²) in [6, 6.07) is 7.90. The van der Waals surface area contributed by atoms with E-state index in [9.17, 15) is 14.4 Å². The Morgan fingerprint density at radius 1 is 1.06 bits per heavy atom. The maximum Gasteiger partial charge on any atom is 0.415 e. The Hall–Kier alpha value is -4.18. The number of hydrogen-bond donors (Lipinski definition) is 0. The predicted molar refractivity (Wildman–Crippen MR) is 180 cm³/mol. The van der Waals surface area contributed by atoms with Gasteiger partial charge >= 0.3 is 12.1 Å². The van der Waals surface area contributed by atoms with Gasteiger partial charge in [0.1, 0.15) is 12.4 Å². The van der Waals surface area contributed by atoms with Gasteiger partial charge in [-0.25, -0.2) is 14.6 Å². The maximum atomic E-state index is 13.8. The number of ether oxygens (including phenoxy) is 3. The van der Waals surface area contributed by atoms with Gasteiger partial charge in [-0.3, -0.25) is 4.79 Å². The molecule has 10 nitrogen and oxygen atoms in total. The van der Waals surface area contributed by atoms with Gasteiger partial charge in [-0.2, -0.15) is 0 Å². The van der Waals surface area contributed by atoms with Crippen LogP contribution in [0.4, 0.5) is 4.79 Å². The van der Waals surface area contributed by atoms with Crippen molar-refractivity contribution < 1.29 is 23.8 Å². The molecule has 0 saturated carbocycles. The first-order chi connectivity index (χ1) is 22.9. The zero-order valence-electron chi connectivity index (χ0n) is 28.3. The first kappa shape index (κ1) is 32.7. The van der Waals surface area contributed by atoms with Gasteiger partial charge in [0.15, 0.2) is 5.60 Å². The van der Waals surface area contributed by atoms with Gasteiger partial charge in [0.2, 0.25) is 0 Å². The van der Waals surface area contributed by atoms with Crippen LogP contribution < -0.4 is 10.3 Å². The van der Waals surface area contributed by atoms with Crippen LogP contribution in [0.2, 0.25) is 0 Å². The van der Waals surface area contributed by atoms with Gasteiger partial charge < -0.3 is 28.6 Å². The zero-order valence-corrected chi connectivity index (χ0v) is 28.3. The molecule has 0 spiro atoms. The number of cyclic esters (lactones) is 1. The molecule has 6 heterocycles. The number of aryl methyl sites for hydroxylation is 1. The molecule has 1 atom stereocenters. The average Bonchev–Trinajstić information content (AvgIpc) is 3.26. The van der Waals surface area contributed by atoms with Crippen molar-refractivity contribution in [3.05, 3.63) is 69.1 Å². The number of amides is 1. The number of carbonyl (C=O) groups is 2. The monoisotopic (exact) mass is 642 g/mol. The molecule has 2 aromatic heterocycles. The second-order valence-corrected chi connectivity index (χ2v) is 12.4. The van der Waals surface area contributed by atoms with E-state index in [2.05, 4.69) is 24.1 Å². The van der Waals surface area contributed by atoms with Crippen molar-refractivity contribution in [3.8, 4) is 17.1 Å². The number of pyridine rings is 2. The molecule has 47 heavy (non-hydrogen) atoms. The molecule has 1 amide bonds. The van der Waals surface area contributed by atoms with Gasteiger partial charge in [0, 0.05) is 49.3 Å². The van der Waals surface area contributed by atoms with E-state index in [0.29, 0.717) is 61.1 Å². The number of hydrogen-bond acceptors (Lipinski definition) is 8. The quantitative estimate of drug-likeness (QED) is 0.234. The summed E-state index contributed by atoms with van der Waals surface area (Å²) in [5, 5.41) is 0.900. The Kier molecular flexibility index (Phi) is 9.41. The van der Waals surface area contributed by atoms with Crippen molar-refractivity contribution in [2.24, 2.45) is 0 Å². The van der Waals surface area contributed by atoms with Gasteiger partial charge in [-0.05, 0) is 81.0 Å². The van der Waals surface area contributed by atoms with Crippen LogP contribution in [0, 0.1) is 0 Å². The molecule has 3 aromatic rings. The molecule has 10 heteroatoms. The van der Waals surface area contributed by atoms with Crippen LogP contribution in [0.1, 0.15) is 88.5 Å². The summed E-state index contributed by atoms with van der Waals surface area (Å²) in [5.74, 6) is -0.00236. The lowest BCUT2D eigenvalue weighted by Crippen LogP contribution is -2.46. The first-order valence-electron chi connectivity index (χ1n) is 17.2. The number of allylic oxidation sites excluding steroid dienone is 1. The summed E-state index contributed by atoms with van der Waals surface area (Å²) >= 11 is 0. The third kappa shape index (κ3) is 5.60. The van der Waals surface area contributed by atoms with Crippen molar-refractivity contribution in [3.63, 3.8) is 0 Å². The Bertz CT molecular complexity index is 1770. The average molecular weight is 643 g/mol. The standard InChI is InChI=1S/C35H40N4O6.C2H6/c1-4-24-25-18-23(45-34(42)38-16-12-22(13-17-38)37-14-8-6-7-9-15-37)10-11-29(25)36-31-26(24)20-39-30(31)19-28-27(32(39)40)21-44-33(41)35(28,5-2)43-3;1-2/h8,10-11,14,18-19,22H,4-7,9,12-13,15-17,20-21H2,1-3H3;1-2H3/t35-;/m0./s1. The molecule has 1 saturated heterocycles. The maximum absolute atomic E-state index is 13.8. The minimum atomic E-state index is -1.33. The van der Waals surface area contributed by atoms with Crippen LogP contribution in [0.25, 0.3) is 22.3 Å². The molecule has 0 bridgehead atoms. The molecule has 250 valence electrons. The predicted octanol–water partition coefficient (Wildman–Crippen LogP) is 6.29. The second kappa shape index (κ2) is 13.5. The summed E-state index contributed by atoms with van der Waals surface area (Å²) in [5.41, 5.74) is 3.65. The van der Waals surface area contributed by atoms with Crippen molar-refractivity contribution in [2.75, 3.05) is 26.7 Å². The number of aromatic nitrogens is 2. The summed E-state index contributed by atoms with van der Waals surface area (Å²) in [6.07, 6.45) is 10.7. The molecule has 1 fully saturated rings. The van der Waals surface area contributed by atoms with Gasteiger partial charge in [-0.15, -0.1) is 0 Å². The topological polar surface area (TPSA) is 103 Å². The molecular formula is C37H46N4O6. The van der Waals surface area contributed by atoms with Gasteiger partial charge in [0.25, 0.3) is 5.56 Å². The molecule has 0 N–H and O–H groups in total. The Morgan fingerprint density at radius 3 is 2.57 bits per heavy atom. The molecule has 0 radical (unpaired) electrons. The highest BCUT2D eigenvalue weighted by atomic mass is 16.6. The molecule has 0 aliphatic carbocycles. The number of piperidine rings is 1. The number of benzene rings is 1. The highest BCUT2D eigenvalue weighted by Gasteiger charge is 2.47. The van der Waals surface area contributed by atoms with Gasteiger partial charge in [-0.1, -0.05) is 33.8 Å². The number of methoxy groups -OCH3 is 1. The van der Waals surface area contributed by atoms with E-state index in [1.165, 1.54) is 20.0 Å². The lowest BCUT2D eigenvalue weighted by molar-refractivity contribution is -0.176. The minimum absolute atomic E-state index is 0.0769. The van der Waals surface area contributed by atoms with E-state index in [4.69, 9.17) is 19.2 Å². The Balaban J connectivity index is 0.00000190. The lowest BCUT2D eigenvalue weighted by Gasteiger charge is -2.37. The van der Waals surface area contributed by atoms with Crippen molar-refractivity contribution >= 4 is 23.0 Å². The SMILES string of the molecule is CC.CCc1c2c(nc3ccc(OC(=O)N4CCC(N5C=CCCCC5)CC4)cc13)-c1cc3c(c(=O)n1C2)COC(=O)[C@@]3(CC)OC. The number of rotatable bonds is 5. The first-order valence-corrected chi connectivity index (χ1v) is 17.2. The van der Waals surface area contributed by atoms with Crippen LogP contribution in [0.15, 0.2) is 41.3 Å². The van der Waals surface area contributed by atoms with E-state index >= 15 is 0 Å². The van der Waals surface area contributed by atoms with Crippen LogP contribution in [0.3, 0.4) is 0 Å². The van der Waals surface area contributed by atoms with E-state index in [1.807, 2.05) is 39.0 Å². The summed E-state index contributed by atoms with van der Waals surface area (Å²) in [7, 11) is 1.47. The number of carbonyl (C=O) groups excluding carboxylic acids is 2. The van der Waals surface area contributed by atoms with Crippen molar-refractivity contribution in [1.29, 1.82) is 0 Å². The fourth-order valence-electron chi connectivity index (χ4n) is 7.63. The van der Waals surface area contributed by atoms with Crippen LogP contribution >= 0.6 is 0 Å². The van der Waals surface area contributed by atoms with Crippen LogP contribution in [0.5, 0.6) is 5.75 Å². The van der Waals surface area contributed by atoms with E-state index in [0.717, 1.165) is 53.5 Å². The normalized spacial score (nSPS) is 20.5. The summed E-state index contributed by atoms with van der Waals surface area (Å²) in [4.78, 5) is 49.1. The lowest BCUT2D eigenvalue weighted by atomic mass is 9.85. The third-order valence-corrected chi connectivity index (χ3v) is 10.2. The van der Waals surface area contributed by atoms with Crippen LogP contribution in [-0.4, -0.2) is 64.2 Å². The van der Waals surface area contributed by atoms with E-state index < -0.39 is 11.6 Å². The van der Waals surface area contributed by atoms with Crippen LogP contribution in [-0.2, 0) is 39.4 Å². The molecule has 7 rings (SSSR count). The number of likely N-dealkylation sites (tertiary alicyclic amines) is 1. The Labute approximate surface area is 276 Å². The smallest absolute Gasteiger partial charge is 0.415 e. The molecule has 4 aliphatic rings. The zero-order chi connectivity index (χ0) is 33.3. The van der Waals surface area contributed by atoms with Crippen molar-refractivity contribution in [2.45, 2.75) is 97.4 Å². The van der Waals surface area contributed by atoms with Gasteiger partial charge in [0.05, 0.1) is 29.0 Å². The molecule has 0 unspecified atom stereocenters. The largest absolute Gasteiger partial charge is 0.458 e. The van der Waals surface area contributed by atoms with E-state index in [-0.39, 0.29) is 18.3 Å². The number of esters is 1. The Morgan fingerprint density at radius 2 is 1.85 bits per heavy atom. The third-order valence-electron chi connectivity index (χ3n) is 10.2. The molecule has 1 aromatic carbocycles. The minimum Gasteiger partial charge on any atom is -0.458 e.